The Labute approximate surface area is 219 Å². The molecule has 2 aromatic rings. The lowest BCUT2D eigenvalue weighted by molar-refractivity contribution is -0.0297. The summed E-state index contributed by atoms with van der Waals surface area (Å²) in [4.78, 5) is 0. The molecule has 0 spiro atoms. The molecular formula is C32H40F4O. The molecule has 0 radical (unpaired) electrons. The molecule has 0 aromatic heterocycles. The molecule has 2 aromatic carbocycles. The molecule has 5 rings (SSSR count). The van der Waals surface area contributed by atoms with E-state index in [1.54, 1.807) is 12.1 Å². The van der Waals surface area contributed by atoms with Gasteiger partial charge in [-0.15, -0.1) is 0 Å². The number of rotatable bonds is 7. The highest BCUT2D eigenvalue weighted by atomic mass is 19.2. The summed E-state index contributed by atoms with van der Waals surface area (Å²) in [5, 5.41) is 0. The van der Waals surface area contributed by atoms with Gasteiger partial charge in [-0.3, -0.25) is 0 Å². The van der Waals surface area contributed by atoms with E-state index < -0.39 is 23.3 Å². The summed E-state index contributed by atoms with van der Waals surface area (Å²) in [6, 6.07) is 3.38. The van der Waals surface area contributed by atoms with Gasteiger partial charge in [-0.25, -0.2) is 17.6 Å². The van der Waals surface area contributed by atoms with E-state index in [2.05, 4.69) is 6.92 Å². The monoisotopic (exact) mass is 516 g/mol. The summed E-state index contributed by atoms with van der Waals surface area (Å²) in [7, 11) is 0. The van der Waals surface area contributed by atoms with Crippen LogP contribution in [-0.4, -0.2) is 12.7 Å². The largest absolute Gasteiger partial charge is 0.378 e. The van der Waals surface area contributed by atoms with Crippen LogP contribution in [0.3, 0.4) is 0 Å². The van der Waals surface area contributed by atoms with Crippen molar-refractivity contribution < 1.29 is 22.3 Å². The van der Waals surface area contributed by atoms with Gasteiger partial charge < -0.3 is 4.74 Å². The van der Waals surface area contributed by atoms with Crippen molar-refractivity contribution >= 4 is 0 Å². The SMILES string of the molecule is CCC(CC)c1cc2c(c(F)c1F)-c1c(cc(CCC3CCC(C4CCC(C)OC4)CC3)c(F)c1F)C2. The van der Waals surface area contributed by atoms with Crippen LogP contribution in [0.25, 0.3) is 11.1 Å². The van der Waals surface area contributed by atoms with Crippen molar-refractivity contribution in [3.05, 3.63) is 57.7 Å². The first-order valence-electron chi connectivity index (χ1n) is 14.4. The minimum Gasteiger partial charge on any atom is -0.378 e. The van der Waals surface area contributed by atoms with Crippen molar-refractivity contribution in [1.29, 1.82) is 0 Å². The number of aryl methyl sites for hydroxylation is 1. The Balaban J connectivity index is 1.28. The van der Waals surface area contributed by atoms with Crippen LogP contribution in [0.15, 0.2) is 12.1 Å². The van der Waals surface area contributed by atoms with Crippen LogP contribution < -0.4 is 0 Å². The van der Waals surface area contributed by atoms with E-state index in [1.165, 1.54) is 19.3 Å². The fourth-order valence-corrected chi connectivity index (χ4v) is 7.25. The number of hydrogen-bond donors (Lipinski definition) is 0. The smallest absolute Gasteiger partial charge is 0.167 e. The molecule has 2 fully saturated rings. The second-order valence-electron chi connectivity index (χ2n) is 11.8. The predicted molar refractivity (Wildman–Crippen MR) is 140 cm³/mol. The lowest BCUT2D eigenvalue weighted by atomic mass is 9.72. The molecule has 0 amide bonds. The number of ether oxygens (including phenoxy) is 1. The lowest BCUT2D eigenvalue weighted by Crippen LogP contribution is -2.31. The second kappa shape index (κ2) is 11.1. The Kier molecular flexibility index (Phi) is 8.00. The van der Waals surface area contributed by atoms with Crippen LogP contribution in [0, 0.1) is 41.0 Å². The van der Waals surface area contributed by atoms with Crippen molar-refractivity contribution in [2.45, 2.75) is 103 Å². The van der Waals surface area contributed by atoms with Gasteiger partial charge in [-0.1, -0.05) is 38.8 Å². The lowest BCUT2D eigenvalue weighted by Gasteiger charge is -2.37. The third-order valence-electron chi connectivity index (χ3n) is 9.66. The van der Waals surface area contributed by atoms with E-state index in [4.69, 9.17) is 4.74 Å². The number of halogens is 4. The maximum Gasteiger partial charge on any atom is 0.167 e. The average molecular weight is 517 g/mol. The zero-order valence-corrected chi connectivity index (χ0v) is 22.4. The van der Waals surface area contributed by atoms with E-state index in [-0.39, 0.29) is 17.0 Å². The van der Waals surface area contributed by atoms with Gasteiger partial charge in [-0.2, -0.15) is 0 Å². The van der Waals surface area contributed by atoms with Crippen LogP contribution in [-0.2, 0) is 17.6 Å². The first-order chi connectivity index (χ1) is 17.8. The molecule has 2 atom stereocenters. The molecule has 1 nitrogen and oxygen atoms in total. The van der Waals surface area contributed by atoms with Crippen LogP contribution >= 0.6 is 0 Å². The van der Waals surface area contributed by atoms with Crippen molar-refractivity contribution in [3.8, 4) is 11.1 Å². The second-order valence-corrected chi connectivity index (χ2v) is 11.8. The first kappa shape index (κ1) is 26.7. The highest BCUT2D eigenvalue weighted by Crippen LogP contribution is 2.45. The normalized spacial score (nSPS) is 25.4. The summed E-state index contributed by atoms with van der Waals surface area (Å²) in [5.41, 5.74) is 1.66. The number of hydrogen-bond acceptors (Lipinski definition) is 1. The first-order valence-corrected chi connectivity index (χ1v) is 14.4. The zero-order chi connectivity index (χ0) is 26.3. The molecule has 5 heteroatoms. The van der Waals surface area contributed by atoms with Crippen molar-refractivity contribution in [1.82, 2.24) is 0 Å². The molecule has 0 N–H and O–H groups in total. The van der Waals surface area contributed by atoms with Gasteiger partial charge in [0.2, 0.25) is 0 Å². The van der Waals surface area contributed by atoms with Gasteiger partial charge >= 0.3 is 0 Å². The third kappa shape index (κ3) is 5.10. The van der Waals surface area contributed by atoms with Crippen molar-refractivity contribution in [2.75, 3.05) is 6.61 Å². The molecule has 37 heavy (non-hydrogen) atoms. The summed E-state index contributed by atoms with van der Waals surface area (Å²) < 4.78 is 66.6. The van der Waals surface area contributed by atoms with E-state index in [0.29, 0.717) is 65.9 Å². The van der Waals surface area contributed by atoms with Crippen LogP contribution in [0.1, 0.15) is 107 Å². The Hall–Kier alpha value is -1.88. The molecule has 1 saturated heterocycles. The summed E-state index contributed by atoms with van der Waals surface area (Å²) >= 11 is 0. The molecule has 0 bridgehead atoms. The highest BCUT2D eigenvalue weighted by molar-refractivity contribution is 5.79. The molecule has 3 aliphatic rings. The highest BCUT2D eigenvalue weighted by Gasteiger charge is 2.34. The Morgan fingerprint density at radius 2 is 1.41 bits per heavy atom. The standard InChI is InChI=1S/C32H40F4O/c1-4-20(5-2)26-16-25-15-24-14-22(29(33)31(35)27(24)28(25)32(36)30(26)34)13-9-19-7-11-21(12-8-19)23-10-6-18(3)37-17-23/h14,16,18-21,23H,4-13,15,17H2,1-3H3. The topological polar surface area (TPSA) is 9.23 Å². The van der Waals surface area contributed by atoms with Gasteiger partial charge in [-0.05, 0) is 111 Å². The molecule has 2 unspecified atom stereocenters. The Morgan fingerprint density at radius 3 is 2.03 bits per heavy atom. The number of benzene rings is 2. The maximum absolute atomic E-state index is 15.3. The van der Waals surface area contributed by atoms with Crippen LogP contribution in [0.2, 0.25) is 0 Å². The van der Waals surface area contributed by atoms with Gasteiger partial charge in [0.15, 0.2) is 23.3 Å². The molecule has 1 aliphatic heterocycles. The Bertz CT molecular complexity index is 1120. The van der Waals surface area contributed by atoms with Crippen LogP contribution in [0.5, 0.6) is 0 Å². The molecule has 1 heterocycles. The summed E-state index contributed by atoms with van der Waals surface area (Å²) in [6.45, 7) is 6.92. The number of fused-ring (bicyclic) bond motifs is 3. The quantitative estimate of drug-likeness (QED) is 0.284. The summed E-state index contributed by atoms with van der Waals surface area (Å²) in [6.07, 6.45) is 10.4. The third-order valence-corrected chi connectivity index (χ3v) is 9.66. The Morgan fingerprint density at radius 1 is 0.784 bits per heavy atom. The zero-order valence-electron chi connectivity index (χ0n) is 22.4. The van der Waals surface area contributed by atoms with Crippen LogP contribution in [0.4, 0.5) is 17.6 Å². The van der Waals surface area contributed by atoms with Gasteiger partial charge in [0.05, 0.1) is 12.7 Å². The molecule has 202 valence electrons. The maximum atomic E-state index is 15.3. The summed E-state index contributed by atoms with van der Waals surface area (Å²) in [5.74, 6) is -2.10. The average Bonchev–Trinajstić information content (AvgIpc) is 3.28. The van der Waals surface area contributed by atoms with Gasteiger partial charge in [0, 0.05) is 11.1 Å². The fraction of sp³-hybridized carbons (Fsp3) is 0.625. The molecular weight excluding hydrogens is 476 g/mol. The molecule has 1 saturated carbocycles. The van der Waals surface area contributed by atoms with Gasteiger partial charge in [0.25, 0.3) is 0 Å². The van der Waals surface area contributed by atoms with Crippen molar-refractivity contribution in [2.24, 2.45) is 17.8 Å². The fourth-order valence-electron chi connectivity index (χ4n) is 7.25. The van der Waals surface area contributed by atoms with Gasteiger partial charge in [0.1, 0.15) is 0 Å². The van der Waals surface area contributed by atoms with E-state index >= 15 is 13.2 Å². The minimum absolute atomic E-state index is 0.0896. The molecule has 2 aliphatic carbocycles. The van der Waals surface area contributed by atoms with Crippen molar-refractivity contribution in [3.63, 3.8) is 0 Å². The van der Waals surface area contributed by atoms with E-state index in [1.807, 2.05) is 13.8 Å². The van der Waals surface area contributed by atoms with E-state index in [9.17, 15) is 4.39 Å². The van der Waals surface area contributed by atoms with E-state index in [0.717, 1.165) is 38.2 Å². The predicted octanol–water partition coefficient (Wildman–Crippen LogP) is 9.27. The minimum atomic E-state index is -1.04.